The van der Waals surface area contributed by atoms with Crippen LogP contribution < -0.4 is 5.32 Å². The van der Waals surface area contributed by atoms with E-state index in [4.69, 9.17) is 0 Å². The van der Waals surface area contributed by atoms with Gasteiger partial charge in [0.2, 0.25) is 0 Å². The number of aryl methyl sites for hydroxylation is 1. The van der Waals surface area contributed by atoms with Crippen LogP contribution in [0.1, 0.15) is 43.4 Å². The van der Waals surface area contributed by atoms with Crippen LogP contribution in [-0.2, 0) is 0 Å². The quantitative estimate of drug-likeness (QED) is 0.765. The minimum atomic E-state index is -0.373. The second-order valence-corrected chi connectivity index (χ2v) is 6.52. The summed E-state index contributed by atoms with van der Waals surface area (Å²) in [6.45, 7) is 10.4. The third-order valence-corrected chi connectivity index (χ3v) is 4.71. The molecule has 0 saturated heterocycles. The number of halogens is 1. The third-order valence-electron chi connectivity index (χ3n) is 3.88. The Hall–Kier alpha value is -0.540. The highest BCUT2D eigenvalue weighted by Crippen LogP contribution is 2.44. The van der Waals surface area contributed by atoms with E-state index in [0.29, 0.717) is 0 Å². The van der Waals surface area contributed by atoms with Crippen LogP contribution in [0, 0.1) is 13.8 Å². The summed E-state index contributed by atoms with van der Waals surface area (Å²) in [7, 11) is 0. The topological polar surface area (TPSA) is 32.3 Å². The van der Waals surface area contributed by atoms with E-state index in [-0.39, 0.29) is 17.6 Å². The average Bonchev–Trinajstić information content (AvgIpc) is 2.22. The Kier molecular flexibility index (Phi) is 3.03. The molecule has 0 aliphatic carbocycles. The van der Waals surface area contributed by atoms with Crippen LogP contribution in [0.25, 0.3) is 0 Å². The van der Waals surface area contributed by atoms with Crippen LogP contribution in [0.5, 0.6) is 0 Å². The zero-order chi connectivity index (χ0) is 13.0. The number of aliphatic hydroxyl groups is 1. The van der Waals surface area contributed by atoms with E-state index in [1.165, 1.54) is 22.4 Å². The SMILES string of the molecule is Cc1cc(Br)c(C)c2c1NC(C)(C)[C@H](O)[C@H]2C. The normalized spacial score (nSPS) is 26.3. The molecule has 0 amide bonds. The summed E-state index contributed by atoms with van der Waals surface area (Å²) in [4.78, 5) is 0. The summed E-state index contributed by atoms with van der Waals surface area (Å²) in [6.07, 6.45) is -0.373. The summed E-state index contributed by atoms with van der Waals surface area (Å²) in [5, 5.41) is 13.9. The fourth-order valence-electron chi connectivity index (χ4n) is 2.81. The highest BCUT2D eigenvalue weighted by atomic mass is 79.9. The summed E-state index contributed by atoms with van der Waals surface area (Å²) in [6, 6.07) is 2.14. The lowest BCUT2D eigenvalue weighted by Gasteiger charge is -2.43. The predicted molar refractivity (Wildman–Crippen MR) is 75.7 cm³/mol. The van der Waals surface area contributed by atoms with Crippen molar-refractivity contribution in [2.75, 3.05) is 5.32 Å². The van der Waals surface area contributed by atoms with Crippen LogP contribution in [-0.4, -0.2) is 16.7 Å². The van der Waals surface area contributed by atoms with E-state index in [2.05, 4.69) is 48.1 Å². The standard InChI is InChI=1S/C14H20BrNO/c1-7-6-10(15)8(2)11-9(3)13(17)14(4,5)16-12(7)11/h6,9,13,16-17H,1-5H3/t9-,13+/m0/s1. The van der Waals surface area contributed by atoms with E-state index in [1.807, 2.05) is 13.8 Å². The fourth-order valence-corrected chi connectivity index (χ4v) is 3.37. The average molecular weight is 298 g/mol. The first-order valence-electron chi connectivity index (χ1n) is 6.01. The number of aliphatic hydroxyl groups excluding tert-OH is 1. The van der Waals surface area contributed by atoms with Crippen molar-refractivity contribution in [3.63, 3.8) is 0 Å². The zero-order valence-electron chi connectivity index (χ0n) is 11.1. The number of hydrogen-bond acceptors (Lipinski definition) is 2. The number of fused-ring (bicyclic) bond motifs is 1. The van der Waals surface area contributed by atoms with Crippen LogP contribution in [0.2, 0.25) is 0 Å². The Morgan fingerprint density at radius 1 is 1.35 bits per heavy atom. The molecule has 2 nitrogen and oxygen atoms in total. The fraction of sp³-hybridized carbons (Fsp3) is 0.571. The van der Waals surface area contributed by atoms with E-state index in [9.17, 15) is 5.11 Å². The second-order valence-electron chi connectivity index (χ2n) is 5.67. The maximum absolute atomic E-state index is 10.4. The number of anilines is 1. The molecule has 0 bridgehead atoms. The minimum absolute atomic E-state index is 0.150. The second kappa shape index (κ2) is 3.99. The molecule has 2 atom stereocenters. The number of rotatable bonds is 0. The van der Waals surface area contributed by atoms with Crippen LogP contribution in [0.3, 0.4) is 0 Å². The molecule has 1 aliphatic heterocycles. The molecule has 0 aromatic heterocycles. The van der Waals surface area contributed by atoms with Crippen molar-refractivity contribution in [3.8, 4) is 0 Å². The van der Waals surface area contributed by atoms with Crippen LogP contribution >= 0.6 is 15.9 Å². The molecule has 0 unspecified atom stereocenters. The first kappa shape index (κ1) is 12.9. The maximum Gasteiger partial charge on any atom is 0.0830 e. The number of hydrogen-bond donors (Lipinski definition) is 2. The summed E-state index contributed by atoms with van der Waals surface area (Å²) < 4.78 is 1.12. The Labute approximate surface area is 112 Å². The molecule has 0 spiro atoms. The molecular weight excluding hydrogens is 278 g/mol. The Bertz CT molecular complexity index is 468. The molecule has 3 heteroatoms. The van der Waals surface area contributed by atoms with Crippen LogP contribution in [0.15, 0.2) is 10.5 Å². The van der Waals surface area contributed by atoms with E-state index in [0.717, 1.165) is 4.47 Å². The Morgan fingerprint density at radius 3 is 2.53 bits per heavy atom. The van der Waals surface area contributed by atoms with Gasteiger partial charge in [-0.05, 0) is 50.5 Å². The van der Waals surface area contributed by atoms with Crippen molar-refractivity contribution in [2.24, 2.45) is 0 Å². The van der Waals surface area contributed by atoms with Crippen molar-refractivity contribution < 1.29 is 5.11 Å². The van der Waals surface area contributed by atoms with Crippen molar-refractivity contribution in [3.05, 3.63) is 27.2 Å². The molecule has 2 rings (SSSR count). The van der Waals surface area contributed by atoms with Gasteiger partial charge in [-0.2, -0.15) is 0 Å². The van der Waals surface area contributed by atoms with Gasteiger partial charge in [-0.25, -0.2) is 0 Å². The van der Waals surface area contributed by atoms with Gasteiger partial charge >= 0.3 is 0 Å². The van der Waals surface area contributed by atoms with E-state index < -0.39 is 0 Å². The lowest BCUT2D eigenvalue weighted by atomic mass is 9.77. The molecule has 1 aliphatic rings. The molecular formula is C14H20BrNO. The first-order valence-corrected chi connectivity index (χ1v) is 6.81. The first-order chi connectivity index (χ1) is 7.75. The molecule has 17 heavy (non-hydrogen) atoms. The third kappa shape index (κ3) is 1.89. The zero-order valence-corrected chi connectivity index (χ0v) is 12.6. The largest absolute Gasteiger partial charge is 0.390 e. The van der Waals surface area contributed by atoms with Crippen molar-refractivity contribution >= 4 is 21.6 Å². The molecule has 0 radical (unpaired) electrons. The summed E-state index contributed by atoms with van der Waals surface area (Å²) in [5.74, 6) is 0.150. The number of benzene rings is 1. The summed E-state index contributed by atoms with van der Waals surface area (Å²) >= 11 is 3.59. The Morgan fingerprint density at radius 2 is 1.94 bits per heavy atom. The highest BCUT2D eigenvalue weighted by molar-refractivity contribution is 9.10. The molecule has 0 saturated carbocycles. The van der Waals surface area contributed by atoms with E-state index in [1.54, 1.807) is 0 Å². The predicted octanol–water partition coefficient (Wildman–Crippen LogP) is 3.73. The number of nitrogens with one attached hydrogen (secondary N) is 1. The van der Waals surface area contributed by atoms with Gasteiger partial charge in [0.25, 0.3) is 0 Å². The van der Waals surface area contributed by atoms with Gasteiger partial charge in [0.1, 0.15) is 0 Å². The van der Waals surface area contributed by atoms with Gasteiger partial charge in [-0.15, -0.1) is 0 Å². The molecule has 0 fully saturated rings. The van der Waals surface area contributed by atoms with Crippen molar-refractivity contribution in [1.29, 1.82) is 0 Å². The van der Waals surface area contributed by atoms with Crippen LogP contribution in [0.4, 0.5) is 5.69 Å². The van der Waals surface area contributed by atoms with Gasteiger partial charge in [0.15, 0.2) is 0 Å². The minimum Gasteiger partial charge on any atom is -0.390 e. The van der Waals surface area contributed by atoms with Gasteiger partial charge in [-0.1, -0.05) is 22.9 Å². The molecule has 2 N–H and O–H groups in total. The lowest BCUT2D eigenvalue weighted by molar-refractivity contribution is 0.0866. The van der Waals surface area contributed by atoms with Crippen molar-refractivity contribution in [2.45, 2.75) is 52.2 Å². The highest BCUT2D eigenvalue weighted by Gasteiger charge is 2.39. The lowest BCUT2D eigenvalue weighted by Crippen LogP contribution is -2.50. The van der Waals surface area contributed by atoms with Gasteiger partial charge in [-0.3, -0.25) is 0 Å². The van der Waals surface area contributed by atoms with Crippen molar-refractivity contribution in [1.82, 2.24) is 0 Å². The Balaban J connectivity index is 2.69. The molecule has 1 aromatic rings. The van der Waals surface area contributed by atoms with Gasteiger partial charge in [0.05, 0.1) is 11.6 Å². The van der Waals surface area contributed by atoms with Gasteiger partial charge < -0.3 is 10.4 Å². The van der Waals surface area contributed by atoms with Gasteiger partial charge in [0, 0.05) is 16.1 Å². The van der Waals surface area contributed by atoms with E-state index >= 15 is 0 Å². The smallest absolute Gasteiger partial charge is 0.0830 e. The monoisotopic (exact) mass is 297 g/mol. The molecule has 94 valence electrons. The summed E-state index contributed by atoms with van der Waals surface area (Å²) in [5.41, 5.74) is 4.60. The maximum atomic E-state index is 10.4. The molecule has 1 heterocycles. The molecule has 1 aromatic carbocycles.